The van der Waals surface area contributed by atoms with E-state index in [1.807, 2.05) is 20.8 Å². The molecule has 0 spiro atoms. The maximum atomic E-state index is 11.7. The summed E-state index contributed by atoms with van der Waals surface area (Å²) in [7, 11) is 0. The van der Waals surface area contributed by atoms with Crippen LogP contribution in [0.2, 0.25) is 0 Å². The van der Waals surface area contributed by atoms with Crippen molar-refractivity contribution in [1.29, 1.82) is 0 Å². The van der Waals surface area contributed by atoms with Gasteiger partial charge in [-0.15, -0.1) is 0 Å². The predicted octanol–water partition coefficient (Wildman–Crippen LogP) is 1.83. The van der Waals surface area contributed by atoms with Gasteiger partial charge in [-0.25, -0.2) is 0 Å². The van der Waals surface area contributed by atoms with Crippen LogP contribution in [0.3, 0.4) is 0 Å². The Hall–Kier alpha value is -0.610. The summed E-state index contributed by atoms with van der Waals surface area (Å²) >= 11 is 0. The van der Waals surface area contributed by atoms with Crippen LogP contribution in [0.15, 0.2) is 0 Å². The predicted molar refractivity (Wildman–Crippen MR) is 73.3 cm³/mol. The molecule has 1 fully saturated rings. The summed E-state index contributed by atoms with van der Waals surface area (Å²) < 4.78 is 5.74. The molecule has 1 saturated carbocycles. The lowest BCUT2D eigenvalue weighted by Crippen LogP contribution is -2.49. The van der Waals surface area contributed by atoms with Gasteiger partial charge in [0.05, 0.1) is 18.8 Å². The largest absolute Gasteiger partial charge is 0.376 e. The second-order valence-corrected chi connectivity index (χ2v) is 6.27. The quantitative estimate of drug-likeness (QED) is 0.738. The Morgan fingerprint density at radius 1 is 1.33 bits per heavy atom. The van der Waals surface area contributed by atoms with Crippen molar-refractivity contribution < 1.29 is 9.53 Å². The first-order chi connectivity index (χ1) is 8.41. The van der Waals surface area contributed by atoms with E-state index in [1.165, 1.54) is 19.3 Å². The van der Waals surface area contributed by atoms with E-state index >= 15 is 0 Å². The van der Waals surface area contributed by atoms with Gasteiger partial charge >= 0.3 is 0 Å². The van der Waals surface area contributed by atoms with Crippen LogP contribution < -0.4 is 11.1 Å². The van der Waals surface area contributed by atoms with Gasteiger partial charge in [0.2, 0.25) is 5.91 Å². The van der Waals surface area contributed by atoms with Gasteiger partial charge < -0.3 is 15.8 Å². The summed E-state index contributed by atoms with van der Waals surface area (Å²) in [5, 5.41) is 2.84. The van der Waals surface area contributed by atoms with E-state index in [-0.39, 0.29) is 11.3 Å². The van der Waals surface area contributed by atoms with E-state index in [9.17, 15) is 4.79 Å². The number of nitrogens with two attached hydrogens (primary N) is 1. The summed E-state index contributed by atoms with van der Waals surface area (Å²) in [6.07, 6.45) is 6.59. The highest BCUT2D eigenvalue weighted by Gasteiger charge is 2.27. The minimum atomic E-state index is -0.466. The molecule has 4 nitrogen and oxygen atoms in total. The lowest BCUT2D eigenvalue weighted by molar-refractivity contribution is -0.124. The normalized spacial score (nSPS) is 19.6. The minimum Gasteiger partial charge on any atom is -0.376 e. The third-order valence-electron chi connectivity index (χ3n) is 3.52. The minimum absolute atomic E-state index is 0.0882. The monoisotopic (exact) mass is 256 g/mol. The molecule has 0 unspecified atom stereocenters. The van der Waals surface area contributed by atoms with E-state index in [1.54, 1.807) is 0 Å². The summed E-state index contributed by atoms with van der Waals surface area (Å²) in [6, 6.07) is -0.466. The SMILES string of the molecule is CC(C)(C)[C@@H](N)C(=O)NCCOC1CCCCC1. The standard InChI is InChI=1S/C14H28N2O2/c1-14(2,3)12(15)13(17)16-9-10-18-11-7-5-4-6-8-11/h11-12H,4-10,15H2,1-3H3,(H,16,17)/t12-/m0/s1. The molecular formula is C14H28N2O2. The summed E-state index contributed by atoms with van der Waals surface area (Å²) in [4.78, 5) is 11.7. The van der Waals surface area contributed by atoms with Gasteiger partial charge in [-0.3, -0.25) is 4.79 Å². The van der Waals surface area contributed by atoms with Crippen molar-refractivity contribution in [2.24, 2.45) is 11.1 Å². The molecule has 1 amide bonds. The average Bonchev–Trinajstić information content (AvgIpc) is 2.33. The molecule has 1 atom stereocenters. The van der Waals surface area contributed by atoms with Crippen LogP contribution >= 0.6 is 0 Å². The highest BCUT2D eigenvalue weighted by Crippen LogP contribution is 2.20. The number of carbonyl (C=O) groups excluding carboxylic acids is 1. The first-order valence-electron chi connectivity index (χ1n) is 7.06. The second kappa shape index (κ2) is 7.10. The van der Waals surface area contributed by atoms with Crippen molar-refractivity contribution in [3.05, 3.63) is 0 Å². The Morgan fingerprint density at radius 3 is 2.50 bits per heavy atom. The zero-order valence-electron chi connectivity index (χ0n) is 12.0. The zero-order valence-corrected chi connectivity index (χ0v) is 12.0. The molecule has 0 radical (unpaired) electrons. The van der Waals surface area contributed by atoms with Crippen molar-refractivity contribution in [2.75, 3.05) is 13.2 Å². The van der Waals surface area contributed by atoms with Crippen molar-refractivity contribution in [1.82, 2.24) is 5.32 Å². The number of hydrogen-bond donors (Lipinski definition) is 2. The van der Waals surface area contributed by atoms with Crippen LogP contribution in [0, 0.1) is 5.41 Å². The second-order valence-electron chi connectivity index (χ2n) is 6.27. The molecular weight excluding hydrogens is 228 g/mol. The van der Waals surface area contributed by atoms with Gasteiger partial charge in [0.1, 0.15) is 0 Å². The van der Waals surface area contributed by atoms with Gasteiger partial charge in [0.25, 0.3) is 0 Å². The molecule has 1 aliphatic carbocycles. The van der Waals surface area contributed by atoms with Crippen molar-refractivity contribution in [2.45, 2.75) is 65.0 Å². The molecule has 0 aromatic carbocycles. The van der Waals surface area contributed by atoms with Gasteiger partial charge in [0, 0.05) is 6.54 Å². The van der Waals surface area contributed by atoms with Gasteiger partial charge in [-0.1, -0.05) is 40.0 Å². The van der Waals surface area contributed by atoms with Crippen LogP contribution in [-0.4, -0.2) is 31.2 Å². The van der Waals surface area contributed by atoms with Crippen LogP contribution in [-0.2, 0) is 9.53 Å². The number of amides is 1. The molecule has 0 saturated heterocycles. The van der Waals surface area contributed by atoms with Crippen LogP contribution in [0.25, 0.3) is 0 Å². The highest BCUT2D eigenvalue weighted by molar-refractivity contribution is 5.82. The molecule has 1 rings (SSSR count). The molecule has 1 aliphatic rings. The number of nitrogens with one attached hydrogen (secondary N) is 1. The average molecular weight is 256 g/mol. The summed E-state index contributed by atoms with van der Waals surface area (Å²) in [6.45, 7) is 7.05. The number of hydrogen-bond acceptors (Lipinski definition) is 3. The van der Waals surface area contributed by atoms with Gasteiger partial charge in [0.15, 0.2) is 0 Å². The van der Waals surface area contributed by atoms with Gasteiger partial charge in [-0.2, -0.15) is 0 Å². The number of rotatable bonds is 5. The molecule has 0 bridgehead atoms. The maximum Gasteiger partial charge on any atom is 0.237 e. The van der Waals surface area contributed by atoms with Crippen LogP contribution in [0.5, 0.6) is 0 Å². The Morgan fingerprint density at radius 2 is 1.94 bits per heavy atom. The number of carbonyl (C=O) groups is 1. The third-order valence-corrected chi connectivity index (χ3v) is 3.52. The van der Waals surface area contributed by atoms with E-state index in [4.69, 9.17) is 10.5 Å². The fraction of sp³-hybridized carbons (Fsp3) is 0.929. The van der Waals surface area contributed by atoms with Crippen molar-refractivity contribution in [3.8, 4) is 0 Å². The van der Waals surface area contributed by atoms with E-state index in [2.05, 4.69) is 5.32 Å². The molecule has 0 heterocycles. The molecule has 0 aromatic heterocycles. The molecule has 106 valence electrons. The molecule has 18 heavy (non-hydrogen) atoms. The smallest absolute Gasteiger partial charge is 0.237 e. The maximum absolute atomic E-state index is 11.7. The first-order valence-corrected chi connectivity index (χ1v) is 7.06. The Kier molecular flexibility index (Phi) is 6.09. The summed E-state index contributed by atoms with van der Waals surface area (Å²) in [5.41, 5.74) is 5.67. The fourth-order valence-corrected chi connectivity index (χ4v) is 2.13. The summed E-state index contributed by atoms with van der Waals surface area (Å²) in [5.74, 6) is -0.0882. The lowest BCUT2D eigenvalue weighted by Gasteiger charge is -2.26. The Labute approximate surface area is 111 Å². The molecule has 0 aliphatic heterocycles. The lowest BCUT2D eigenvalue weighted by atomic mass is 9.87. The Bertz CT molecular complexity index is 255. The fourth-order valence-electron chi connectivity index (χ4n) is 2.13. The first kappa shape index (κ1) is 15.4. The van der Waals surface area contributed by atoms with Gasteiger partial charge in [-0.05, 0) is 18.3 Å². The zero-order chi connectivity index (χ0) is 13.6. The Balaban J connectivity index is 2.11. The van der Waals surface area contributed by atoms with Crippen molar-refractivity contribution in [3.63, 3.8) is 0 Å². The number of ether oxygens (including phenoxy) is 1. The van der Waals surface area contributed by atoms with E-state index < -0.39 is 6.04 Å². The van der Waals surface area contributed by atoms with E-state index in [0.29, 0.717) is 19.3 Å². The molecule has 3 N–H and O–H groups in total. The molecule has 4 heteroatoms. The van der Waals surface area contributed by atoms with Crippen molar-refractivity contribution >= 4 is 5.91 Å². The van der Waals surface area contributed by atoms with Crippen LogP contribution in [0.1, 0.15) is 52.9 Å². The van der Waals surface area contributed by atoms with E-state index in [0.717, 1.165) is 12.8 Å². The third kappa shape index (κ3) is 5.36. The van der Waals surface area contributed by atoms with Crippen LogP contribution in [0.4, 0.5) is 0 Å². The molecule has 0 aromatic rings. The highest BCUT2D eigenvalue weighted by atomic mass is 16.5. The topological polar surface area (TPSA) is 64.4 Å².